The Balaban J connectivity index is 2.33. The summed E-state index contributed by atoms with van der Waals surface area (Å²) in [5.74, 6) is 0.132. The van der Waals surface area contributed by atoms with Crippen molar-refractivity contribution >= 4 is 17.4 Å². The molecule has 0 aliphatic carbocycles. The van der Waals surface area contributed by atoms with Gasteiger partial charge in [0, 0.05) is 10.6 Å². The molecule has 0 radical (unpaired) electrons. The first kappa shape index (κ1) is 15.1. The number of amidine groups is 1. The third-order valence-electron chi connectivity index (χ3n) is 3.11. The van der Waals surface area contributed by atoms with Gasteiger partial charge in [0.25, 0.3) is 0 Å². The van der Waals surface area contributed by atoms with Crippen LogP contribution in [0.15, 0.2) is 29.4 Å². The van der Waals surface area contributed by atoms with Gasteiger partial charge in [-0.1, -0.05) is 35.0 Å². The Hall–Kier alpha value is -2.34. The van der Waals surface area contributed by atoms with Crippen molar-refractivity contribution < 1.29 is 9.94 Å². The van der Waals surface area contributed by atoms with Crippen molar-refractivity contribution in [1.82, 2.24) is 10.2 Å². The minimum Gasteiger partial charge on any atom is -0.471 e. The summed E-state index contributed by atoms with van der Waals surface area (Å²) in [6.45, 7) is 3.80. The van der Waals surface area contributed by atoms with Crippen LogP contribution in [0.3, 0.4) is 0 Å². The van der Waals surface area contributed by atoms with E-state index in [4.69, 9.17) is 27.3 Å². The molecule has 0 saturated carbocycles. The third kappa shape index (κ3) is 3.22. The van der Waals surface area contributed by atoms with Crippen LogP contribution in [0.5, 0.6) is 5.88 Å². The topological polar surface area (TPSA) is 93.6 Å². The Kier molecular flexibility index (Phi) is 4.59. The lowest BCUT2D eigenvalue weighted by Crippen LogP contribution is -2.19. The second kappa shape index (κ2) is 6.41. The van der Waals surface area contributed by atoms with E-state index in [1.54, 1.807) is 19.9 Å². The predicted octanol–water partition coefficient (Wildman–Crippen LogP) is 2.42. The lowest BCUT2D eigenvalue weighted by atomic mass is 10.1. The molecule has 0 unspecified atom stereocenters. The van der Waals surface area contributed by atoms with Crippen LogP contribution in [0.2, 0.25) is 5.02 Å². The molecule has 1 aromatic heterocycles. The van der Waals surface area contributed by atoms with Gasteiger partial charge in [-0.2, -0.15) is 5.10 Å². The first-order valence-electron chi connectivity index (χ1n) is 6.22. The van der Waals surface area contributed by atoms with Crippen LogP contribution in [-0.2, 0) is 6.61 Å². The normalized spacial score (nSPS) is 11.5. The van der Waals surface area contributed by atoms with Crippen molar-refractivity contribution in [2.75, 3.05) is 0 Å². The van der Waals surface area contributed by atoms with Gasteiger partial charge in [-0.25, -0.2) is 0 Å². The highest BCUT2D eigenvalue weighted by molar-refractivity contribution is 6.31. The Bertz CT molecular complexity index is 689. The van der Waals surface area contributed by atoms with Crippen molar-refractivity contribution in [2.24, 2.45) is 10.9 Å². The molecule has 0 amide bonds. The maximum Gasteiger partial charge on any atom is 0.245 e. The van der Waals surface area contributed by atoms with E-state index in [1.807, 2.05) is 18.2 Å². The number of oxime groups is 1. The Morgan fingerprint density at radius 2 is 2.05 bits per heavy atom. The minimum absolute atomic E-state index is 0.0698. The van der Waals surface area contributed by atoms with E-state index in [0.29, 0.717) is 16.3 Å². The van der Waals surface area contributed by atoms with Crippen LogP contribution in [0.4, 0.5) is 0 Å². The molecule has 0 saturated heterocycles. The van der Waals surface area contributed by atoms with Gasteiger partial charge in [0.1, 0.15) is 6.61 Å². The number of hydrogen-bond donors (Lipinski definition) is 2. The number of ether oxygens (including phenoxy) is 1. The highest BCUT2D eigenvalue weighted by Gasteiger charge is 2.17. The van der Waals surface area contributed by atoms with E-state index in [1.165, 1.54) is 0 Å². The van der Waals surface area contributed by atoms with E-state index < -0.39 is 0 Å². The average Bonchev–Trinajstić information content (AvgIpc) is 2.49. The second-order valence-electron chi connectivity index (χ2n) is 4.46. The van der Waals surface area contributed by atoms with Gasteiger partial charge < -0.3 is 15.7 Å². The molecule has 0 aliphatic heterocycles. The maximum absolute atomic E-state index is 8.90. The van der Waals surface area contributed by atoms with Gasteiger partial charge in [-0.15, -0.1) is 5.10 Å². The van der Waals surface area contributed by atoms with Crippen molar-refractivity contribution in [3.63, 3.8) is 0 Å². The largest absolute Gasteiger partial charge is 0.471 e. The van der Waals surface area contributed by atoms with E-state index >= 15 is 0 Å². The summed E-state index contributed by atoms with van der Waals surface area (Å²) in [4.78, 5) is 0. The van der Waals surface area contributed by atoms with Gasteiger partial charge in [0.05, 0.1) is 11.3 Å². The molecule has 0 bridgehead atoms. The van der Waals surface area contributed by atoms with Crippen LogP contribution >= 0.6 is 11.6 Å². The minimum atomic E-state index is -0.0698. The van der Waals surface area contributed by atoms with E-state index in [-0.39, 0.29) is 18.3 Å². The molecule has 0 atom stereocenters. The van der Waals surface area contributed by atoms with Crippen molar-refractivity contribution in [1.29, 1.82) is 0 Å². The highest BCUT2D eigenvalue weighted by atomic mass is 35.5. The summed E-state index contributed by atoms with van der Waals surface area (Å²) in [7, 11) is 0. The molecular weight excluding hydrogens is 292 g/mol. The SMILES string of the molecule is Cc1nnc(OCc2ccccc2Cl)c(/C(N)=N/O)c1C. The number of aryl methyl sites for hydroxylation is 1. The fraction of sp³-hybridized carbons (Fsp3) is 0.214. The molecular formula is C14H15ClN4O2. The number of nitrogens with zero attached hydrogens (tertiary/aromatic N) is 3. The Morgan fingerprint density at radius 3 is 2.71 bits per heavy atom. The average molecular weight is 307 g/mol. The smallest absolute Gasteiger partial charge is 0.245 e. The molecule has 3 N–H and O–H groups in total. The molecule has 0 aliphatic rings. The fourth-order valence-corrected chi connectivity index (χ4v) is 1.99. The summed E-state index contributed by atoms with van der Waals surface area (Å²) in [5, 5.41) is 20.5. The molecule has 2 rings (SSSR count). The highest BCUT2D eigenvalue weighted by Crippen LogP contribution is 2.23. The van der Waals surface area contributed by atoms with Gasteiger partial charge in [0.2, 0.25) is 5.88 Å². The van der Waals surface area contributed by atoms with E-state index in [9.17, 15) is 0 Å². The first-order chi connectivity index (χ1) is 10.0. The molecule has 110 valence electrons. The van der Waals surface area contributed by atoms with E-state index in [2.05, 4.69) is 15.4 Å². The third-order valence-corrected chi connectivity index (χ3v) is 3.48. The number of nitrogens with two attached hydrogens (primary N) is 1. The quantitative estimate of drug-likeness (QED) is 0.391. The summed E-state index contributed by atoms with van der Waals surface area (Å²) in [6.07, 6.45) is 0. The molecule has 6 nitrogen and oxygen atoms in total. The second-order valence-corrected chi connectivity index (χ2v) is 4.86. The summed E-state index contributed by atoms with van der Waals surface area (Å²) in [6, 6.07) is 7.32. The van der Waals surface area contributed by atoms with Gasteiger partial charge in [0.15, 0.2) is 5.84 Å². The first-order valence-corrected chi connectivity index (χ1v) is 6.60. The molecule has 1 heterocycles. The zero-order valence-electron chi connectivity index (χ0n) is 11.7. The number of aromatic nitrogens is 2. The van der Waals surface area contributed by atoms with Gasteiger partial charge in [-0.05, 0) is 25.5 Å². The van der Waals surface area contributed by atoms with Crippen molar-refractivity contribution in [3.05, 3.63) is 51.7 Å². The molecule has 0 spiro atoms. The van der Waals surface area contributed by atoms with Crippen LogP contribution < -0.4 is 10.5 Å². The van der Waals surface area contributed by atoms with Crippen LogP contribution in [0, 0.1) is 13.8 Å². The molecule has 1 aromatic carbocycles. The van der Waals surface area contributed by atoms with E-state index in [0.717, 1.165) is 11.1 Å². The maximum atomic E-state index is 8.90. The predicted molar refractivity (Wildman–Crippen MR) is 79.8 cm³/mol. The van der Waals surface area contributed by atoms with Gasteiger partial charge >= 0.3 is 0 Å². The van der Waals surface area contributed by atoms with Crippen LogP contribution in [0.1, 0.15) is 22.4 Å². The monoisotopic (exact) mass is 306 g/mol. The Labute approximate surface area is 127 Å². The summed E-state index contributed by atoms with van der Waals surface area (Å²) < 4.78 is 5.63. The number of rotatable bonds is 4. The van der Waals surface area contributed by atoms with Gasteiger partial charge in [-0.3, -0.25) is 0 Å². The zero-order chi connectivity index (χ0) is 15.4. The summed E-state index contributed by atoms with van der Waals surface area (Å²) >= 11 is 6.07. The lowest BCUT2D eigenvalue weighted by molar-refractivity contribution is 0.287. The lowest BCUT2D eigenvalue weighted by Gasteiger charge is -2.13. The standard InChI is InChI=1S/C14H15ClN4O2/c1-8-9(2)17-18-14(12(8)13(16)19-20)21-7-10-5-3-4-6-11(10)15/h3-6,20H,7H2,1-2H3,(H2,16,19). The van der Waals surface area contributed by atoms with Crippen LogP contribution in [0.25, 0.3) is 0 Å². The Morgan fingerprint density at radius 1 is 1.33 bits per heavy atom. The number of benzene rings is 1. The summed E-state index contributed by atoms with van der Waals surface area (Å²) in [5.41, 5.74) is 8.35. The number of hydrogen-bond acceptors (Lipinski definition) is 5. The molecule has 7 heteroatoms. The number of halogens is 1. The molecule has 0 fully saturated rings. The fourth-order valence-electron chi connectivity index (χ4n) is 1.80. The van der Waals surface area contributed by atoms with Crippen LogP contribution in [-0.4, -0.2) is 21.2 Å². The zero-order valence-corrected chi connectivity index (χ0v) is 12.4. The van der Waals surface area contributed by atoms with Crippen molar-refractivity contribution in [3.8, 4) is 5.88 Å². The molecule has 2 aromatic rings. The molecule has 21 heavy (non-hydrogen) atoms. The van der Waals surface area contributed by atoms with Crippen molar-refractivity contribution in [2.45, 2.75) is 20.5 Å².